The number of fused-ring (bicyclic) bond motifs is 1. The molecule has 0 fully saturated rings. The van der Waals surface area contributed by atoms with Crippen LogP contribution in [-0.2, 0) is 35.0 Å². The Labute approximate surface area is 266 Å². The topological polar surface area (TPSA) is 123 Å². The van der Waals surface area contributed by atoms with Gasteiger partial charge in [-0.3, -0.25) is 9.69 Å². The van der Waals surface area contributed by atoms with Crippen molar-refractivity contribution in [1.29, 1.82) is 0 Å². The minimum Gasteiger partial charge on any atom is -0.497 e. The number of anilines is 2. The summed E-state index contributed by atoms with van der Waals surface area (Å²) in [6, 6.07) is 4.77. The number of carboxylic acids is 1. The molecule has 11 nitrogen and oxygen atoms in total. The largest absolute Gasteiger partial charge is 0.497 e. The van der Waals surface area contributed by atoms with Crippen LogP contribution in [0.4, 0.5) is 42.8 Å². The van der Waals surface area contributed by atoms with Crippen molar-refractivity contribution < 1.29 is 50.5 Å². The van der Waals surface area contributed by atoms with Crippen molar-refractivity contribution in [2.24, 2.45) is 5.41 Å². The molecule has 256 valence electrons. The lowest BCUT2D eigenvalue weighted by atomic mass is 9.88. The summed E-state index contributed by atoms with van der Waals surface area (Å²) in [5, 5.41) is 21.9. The third-order valence-corrected chi connectivity index (χ3v) is 7.84. The first kappa shape index (κ1) is 35.3. The number of halogens is 6. The number of amides is 1. The van der Waals surface area contributed by atoms with E-state index in [1.807, 2.05) is 6.92 Å². The Hall–Kier alpha value is -4.57. The fourth-order valence-corrected chi connectivity index (χ4v) is 5.38. The number of rotatable bonds is 10. The standard InChI is InChI=1S/C30H34F6N6O5/c1-6-20-13-24(22-14-21(46-5)8-9-23(22)42(20)27(45)47-7-2)40(26-37-39-41(38-26)16-28(3,4)25(43)44)15-17-10-18(29(31,32)33)12-19(11-17)30(34,35)36/h8-12,14,20,24H,6-7,13,15-16H2,1-5H3,(H,43,44). The molecular formula is C30H34F6N6O5. The molecule has 4 rings (SSSR count). The molecule has 17 heteroatoms. The molecule has 2 aromatic carbocycles. The van der Waals surface area contributed by atoms with Crippen molar-refractivity contribution in [3.8, 4) is 5.75 Å². The van der Waals surface area contributed by atoms with Gasteiger partial charge in [0, 0.05) is 18.2 Å². The summed E-state index contributed by atoms with van der Waals surface area (Å²) < 4.78 is 93.6. The van der Waals surface area contributed by atoms with Crippen LogP contribution in [-0.4, -0.2) is 57.1 Å². The fraction of sp³-hybridized carbons (Fsp3) is 0.500. The highest BCUT2D eigenvalue weighted by molar-refractivity contribution is 5.90. The lowest BCUT2D eigenvalue weighted by Crippen LogP contribution is -2.48. The second-order valence-electron chi connectivity index (χ2n) is 11.7. The number of nitrogens with zero attached hydrogens (tertiary/aromatic N) is 6. The van der Waals surface area contributed by atoms with E-state index in [-0.39, 0.29) is 37.2 Å². The number of tetrazole rings is 1. The van der Waals surface area contributed by atoms with E-state index in [2.05, 4.69) is 15.4 Å². The Bertz CT molecular complexity index is 1580. The highest BCUT2D eigenvalue weighted by Gasteiger charge is 2.42. The van der Waals surface area contributed by atoms with Crippen LogP contribution >= 0.6 is 0 Å². The van der Waals surface area contributed by atoms with Gasteiger partial charge in [-0.2, -0.15) is 31.1 Å². The number of carboxylic acid groups (broad SMARTS) is 1. The van der Waals surface area contributed by atoms with E-state index < -0.39 is 59.6 Å². The Balaban J connectivity index is 1.93. The minimum atomic E-state index is -5.08. The van der Waals surface area contributed by atoms with E-state index in [9.17, 15) is 41.0 Å². The van der Waals surface area contributed by atoms with E-state index in [1.54, 1.807) is 25.1 Å². The maximum Gasteiger partial charge on any atom is 0.416 e. The fourth-order valence-electron chi connectivity index (χ4n) is 5.38. The zero-order valence-electron chi connectivity index (χ0n) is 26.2. The van der Waals surface area contributed by atoms with Gasteiger partial charge in [0.15, 0.2) is 0 Å². The molecule has 47 heavy (non-hydrogen) atoms. The summed E-state index contributed by atoms with van der Waals surface area (Å²) in [7, 11) is 1.41. The van der Waals surface area contributed by atoms with Crippen molar-refractivity contribution >= 4 is 23.7 Å². The molecule has 1 aliphatic heterocycles. The number of hydrogen-bond acceptors (Lipinski definition) is 8. The first-order valence-corrected chi connectivity index (χ1v) is 14.6. The smallest absolute Gasteiger partial charge is 0.416 e. The van der Waals surface area contributed by atoms with Crippen molar-refractivity contribution in [3.63, 3.8) is 0 Å². The molecule has 0 spiro atoms. The number of aromatic nitrogens is 4. The summed E-state index contributed by atoms with van der Waals surface area (Å²) in [6.07, 6.45) is -10.3. The van der Waals surface area contributed by atoms with Gasteiger partial charge in [-0.25, -0.2) is 4.79 Å². The molecule has 2 unspecified atom stereocenters. The Morgan fingerprint density at radius 1 is 1.02 bits per heavy atom. The van der Waals surface area contributed by atoms with Gasteiger partial charge in [0.05, 0.1) is 48.5 Å². The molecule has 0 radical (unpaired) electrons. The Morgan fingerprint density at radius 3 is 2.19 bits per heavy atom. The second kappa shape index (κ2) is 13.3. The number of carbonyl (C=O) groups is 2. The molecule has 1 aromatic heterocycles. The number of benzene rings is 2. The van der Waals surface area contributed by atoms with Gasteiger partial charge in [0.25, 0.3) is 5.95 Å². The number of methoxy groups -OCH3 is 1. The van der Waals surface area contributed by atoms with Gasteiger partial charge in [0.2, 0.25) is 0 Å². The van der Waals surface area contributed by atoms with Crippen LogP contribution in [0.25, 0.3) is 0 Å². The lowest BCUT2D eigenvalue weighted by Gasteiger charge is -2.43. The number of aliphatic carboxylic acids is 1. The van der Waals surface area contributed by atoms with Crippen molar-refractivity contribution in [2.45, 2.75) is 78.1 Å². The summed E-state index contributed by atoms with van der Waals surface area (Å²) in [5.74, 6) is -0.976. The van der Waals surface area contributed by atoms with Crippen LogP contribution in [0.5, 0.6) is 5.75 Å². The van der Waals surface area contributed by atoms with Gasteiger partial charge in [-0.15, -0.1) is 5.10 Å². The predicted octanol–water partition coefficient (Wildman–Crippen LogP) is 6.72. The quantitative estimate of drug-likeness (QED) is 0.234. The van der Waals surface area contributed by atoms with E-state index >= 15 is 0 Å². The molecule has 3 aromatic rings. The molecule has 1 amide bonds. The monoisotopic (exact) mass is 672 g/mol. The van der Waals surface area contributed by atoms with Gasteiger partial charge in [0.1, 0.15) is 5.75 Å². The average molecular weight is 673 g/mol. The van der Waals surface area contributed by atoms with Crippen LogP contribution in [0.15, 0.2) is 36.4 Å². The maximum atomic E-state index is 13.8. The molecule has 0 bridgehead atoms. The molecule has 0 aliphatic carbocycles. The van der Waals surface area contributed by atoms with Crippen molar-refractivity contribution in [3.05, 3.63) is 58.7 Å². The number of hydrogen-bond donors (Lipinski definition) is 1. The van der Waals surface area contributed by atoms with Crippen LogP contribution in [0.1, 0.15) is 68.8 Å². The molecule has 0 saturated carbocycles. The van der Waals surface area contributed by atoms with Crippen LogP contribution in [0.3, 0.4) is 0 Å². The van der Waals surface area contributed by atoms with Crippen LogP contribution < -0.4 is 14.5 Å². The normalized spacial score (nSPS) is 16.9. The van der Waals surface area contributed by atoms with E-state index in [0.29, 0.717) is 35.6 Å². The SMILES string of the molecule is CCOC(=O)N1c2ccc(OC)cc2C(N(Cc2cc(C(F)(F)F)cc(C(F)(F)F)c2)c2nnn(CC(C)(C)C(=O)O)n2)CC1CC. The second-order valence-corrected chi connectivity index (χ2v) is 11.7. The molecule has 2 atom stereocenters. The summed E-state index contributed by atoms with van der Waals surface area (Å²) in [4.78, 5) is 28.7. The predicted molar refractivity (Wildman–Crippen MR) is 156 cm³/mol. The Kier molecular flexibility index (Phi) is 9.97. The summed E-state index contributed by atoms with van der Waals surface area (Å²) >= 11 is 0. The average Bonchev–Trinajstić information content (AvgIpc) is 3.45. The molecule has 2 heterocycles. The van der Waals surface area contributed by atoms with Crippen LogP contribution in [0, 0.1) is 5.41 Å². The number of carbonyl (C=O) groups excluding carboxylic acids is 1. The van der Waals surface area contributed by atoms with E-state index in [0.717, 1.165) is 4.80 Å². The van der Waals surface area contributed by atoms with Gasteiger partial charge in [-0.05, 0) is 80.8 Å². The van der Waals surface area contributed by atoms with Crippen molar-refractivity contribution in [1.82, 2.24) is 20.2 Å². The Morgan fingerprint density at radius 2 is 1.66 bits per heavy atom. The third kappa shape index (κ3) is 7.71. The maximum absolute atomic E-state index is 13.8. The summed E-state index contributed by atoms with van der Waals surface area (Å²) in [6.45, 7) is 5.62. The highest BCUT2D eigenvalue weighted by atomic mass is 19.4. The molecule has 0 saturated heterocycles. The number of alkyl halides is 6. The van der Waals surface area contributed by atoms with Crippen molar-refractivity contribution in [2.75, 3.05) is 23.5 Å². The van der Waals surface area contributed by atoms with Gasteiger partial charge in [-0.1, -0.05) is 12.0 Å². The highest BCUT2D eigenvalue weighted by Crippen LogP contribution is 2.45. The van der Waals surface area contributed by atoms with Gasteiger partial charge < -0.3 is 19.5 Å². The van der Waals surface area contributed by atoms with E-state index in [1.165, 1.54) is 30.8 Å². The molecular weight excluding hydrogens is 638 g/mol. The molecule has 1 aliphatic rings. The van der Waals surface area contributed by atoms with Crippen LogP contribution in [0.2, 0.25) is 0 Å². The molecule has 1 N–H and O–H groups in total. The lowest BCUT2D eigenvalue weighted by molar-refractivity contribution is -0.148. The zero-order chi connectivity index (χ0) is 34.9. The number of ether oxygens (including phenoxy) is 2. The van der Waals surface area contributed by atoms with E-state index in [4.69, 9.17) is 9.47 Å². The zero-order valence-corrected chi connectivity index (χ0v) is 26.2. The first-order chi connectivity index (χ1) is 21.9. The minimum absolute atomic E-state index is 0.0431. The third-order valence-electron chi connectivity index (χ3n) is 7.84. The van der Waals surface area contributed by atoms with Gasteiger partial charge >= 0.3 is 24.4 Å². The first-order valence-electron chi connectivity index (χ1n) is 14.6. The summed E-state index contributed by atoms with van der Waals surface area (Å²) in [5.41, 5.74) is -3.85.